The van der Waals surface area contributed by atoms with Gasteiger partial charge in [0.15, 0.2) is 0 Å². The Morgan fingerprint density at radius 2 is 1.00 bits per heavy atom. The zero-order chi connectivity index (χ0) is 16.3. The Kier molecular flexibility index (Phi) is 18.1. The van der Waals surface area contributed by atoms with E-state index in [1.54, 1.807) is 0 Å². The smallest absolute Gasteiger partial charge is 0.305 e. The number of rotatable bonds is 17. The lowest BCUT2D eigenvalue weighted by Crippen LogP contribution is -2.05. The molecule has 0 aliphatic rings. The minimum atomic E-state index is 0.00931. The van der Waals surface area contributed by atoms with E-state index in [1.165, 1.54) is 83.5 Å². The van der Waals surface area contributed by atoms with Crippen LogP contribution in [0.3, 0.4) is 0 Å². The second-order valence-corrected chi connectivity index (χ2v) is 6.57. The predicted octanol–water partition coefficient (Wildman–Crippen LogP) is 6.81. The lowest BCUT2D eigenvalue weighted by atomic mass is 10.1. The molecule has 0 saturated carbocycles. The zero-order valence-corrected chi connectivity index (χ0v) is 15.3. The van der Waals surface area contributed by atoms with E-state index in [0.29, 0.717) is 13.0 Å². The molecule has 0 rings (SSSR count). The number of carbonyl (C=O) groups is 1. The monoisotopic (exact) mass is 312 g/mol. The second kappa shape index (κ2) is 18.5. The molecule has 0 amide bonds. The summed E-state index contributed by atoms with van der Waals surface area (Å²) in [6.45, 7) is 5.10. The average molecular weight is 313 g/mol. The van der Waals surface area contributed by atoms with Crippen molar-refractivity contribution in [3.8, 4) is 0 Å². The molecule has 0 atom stereocenters. The van der Waals surface area contributed by atoms with Gasteiger partial charge in [-0.3, -0.25) is 4.79 Å². The fourth-order valence-electron chi connectivity index (χ4n) is 2.72. The fraction of sp³-hybridized carbons (Fsp3) is 0.950. The number of hydrogen-bond acceptors (Lipinski definition) is 2. The summed E-state index contributed by atoms with van der Waals surface area (Å²) in [6.07, 6.45) is 19.7. The zero-order valence-electron chi connectivity index (χ0n) is 15.3. The highest BCUT2D eigenvalue weighted by atomic mass is 16.5. The Morgan fingerprint density at radius 1 is 0.591 bits per heavy atom. The Hall–Kier alpha value is -0.530. The van der Waals surface area contributed by atoms with Crippen LogP contribution in [-0.2, 0) is 9.53 Å². The first kappa shape index (κ1) is 21.5. The summed E-state index contributed by atoms with van der Waals surface area (Å²) in [5.41, 5.74) is 0. The topological polar surface area (TPSA) is 26.3 Å². The molecule has 0 bridgehead atoms. The third-order valence-corrected chi connectivity index (χ3v) is 4.25. The molecule has 0 radical (unpaired) electrons. The molecule has 0 saturated heterocycles. The van der Waals surface area contributed by atoms with Gasteiger partial charge in [0.05, 0.1) is 6.61 Å². The number of carbonyl (C=O) groups excluding carboxylic acids is 1. The van der Waals surface area contributed by atoms with Crippen molar-refractivity contribution in [3.05, 3.63) is 0 Å². The number of esters is 1. The molecule has 0 spiro atoms. The molecule has 0 unspecified atom stereocenters. The van der Waals surface area contributed by atoms with Crippen LogP contribution in [0.2, 0.25) is 0 Å². The van der Waals surface area contributed by atoms with Crippen molar-refractivity contribution >= 4 is 5.97 Å². The van der Waals surface area contributed by atoms with Gasteiger partial charge in [0.2, 0.25) is 0 Å². The third kappa shape index (κ3) is 17.5. The summed E-state index contributed by atoms with van der Waals surface area (Å²) in [5.74, 6) is 0.00931. The van der Waals surface area contributed by atoms with Crippen molar-refractivity contribution in [3.63, 3.8) is 0 Å². The molecule has 22 heavy (non-hydrogen) atoms. The van der Waals surface area contributed by atoms with Crippen molar-refractivity contribution in [2.45, 2.75) is 117 Å². The molecule has 0 aliphatic carbocycles. The quantitative estimate of drug-likeness (QED) is 0.218. The van der Waals surface area contributed by atoms with Gasteiger partial charge in [-0.2, -0.15) is 0 Å². The van der Waals surface area contributed by atoms with Gasteiger partial charge >= 0.3 is 5.97 Å². The molecule has 0 heterocycles. The Balaban J connectivity index is 3.12. The third-order valence-electron chi connectivity index (χ3n) is 4.25. The molecular formula is C20H40O2. The standard InChI is InChI=1S/C20H40O2/c1-3-5-7-9-10-11-12-13-14-16-18-20(21)22-19-17-15-8-6-4-2/h3-19H2,1-2H3. The van der Waals surface area contributed by atoms with Crippen LogP contribution in [0.15, 0.2) is 0 Å². The van der Waals surface area contributed by atoms with Gasteiger partial charge in [-0.1, -0.05) is 97.3 Å². The molecule has 0 aromatic rings. The van der Waals surface area contributed by atoms with Crippen LogP contribution < -0.4 is 0 Å². The van der Waals surface area contributed by atoms with Gasteiger partial charge in [-0.25, -0.2) is 0 Å². The van der Waals surface area contributed by atoms with Gasteiger partial charge in [0, 0.05) is 6.42 Å². The molecule has 0 aromatic heterocycles. The predicted molar refractivity (Wildman–Crippen MR) is 96.2 cm³/mol. The SMILES string of the molecule is CCCCCCCCCCCCC(=O)OCCCCCCC. The van der Waals surface area contributed by atoms with Crippen molar-refractivity contribution in [2.75, 3.05) is 6.61 Å². The largest absolute Gasteiger partial charge is 0.466 e. The summed E-state index contributed by atoms with van der Waals surface area (Å²) in [7, 11) is 0. The Labute approximate surface area is 139 Å². The highest BCUT2D eigenvalue weighted by Gasteiger charge is 2.02. The fourth-order valence-corrected chi connectivity index (χ4v) is 2.72. The van der Waals surface area contributed by atoms with E-state index in [0.717, 1.165) is 12.8 Å². The van der Waals surface area contributed by atoms with E-state index < -0.39 is 0 Å². The molecule has 0 aromatic carbocycles. The van der Waals surface area contributed by atoms with Crippen LogP contribution in [0.5, 0.6) is 0 Å². The minimum absolute atomic E-state index is 0.00931. The van der Waals surface area contributed by atoms with E-state index in [4.69, 9.17) is 4.74 Å². The lowest BCUT2D eigenvalue weighted by Gasteiger charge is -2.05. The van der Waals surface area contributed by atoms with Crippen molar-refractivity contribution in [1.29, 1.82) is 0 Å². The van der Waals surface area contributed by atoms with E-state index in [2.05, 4.69) is 13.8 Å². The van der Waals surface area contributed by atoms with Crippen LogP contribution in [0.25, 0.3) is 0 Å². The summed E-state index contributed by atoms with van der Waals surface area (Å²) < 4.78 is 5.27. The number of unbranched alkanes of at least 4 members (excludes halogenated alkanes) is 13. The van der Waals surface area contributed by atoms with E-state index in [9.17, 15) is 4.79 Å². The maximum absolute atomic E-state index is 11.5. The van der Waals surface area contributed by atoms with Crippen molar-refractivity contribution in [1.82, 2.24) is 0 Å². The van der Waals surface area contributed by atoms with Gasteiger partial charge in [-0.05, 0) is 12.8 Å². The summed E-state index contributed by atoms with van der Waals surface area (Å²) in [4.78, 5) is 11.5. The molecule has 132 valence electrons. The summed E-state index contributed by atoms with van der Waals surface area (Å²) in [5, 5.41) is 0. The maximum atomic E-state index is 11.5. The normalized spacial score (nSPS) is 10.8. The molecule has 2 nitrogen and oxygen atoms in total. The van der Waals surface area contributed by atoms with Crippen LogP contribution in [0, 0.1) is 0 Å². The van der Waals surface area contributed by atoms with Crippen LogP contribution >= 0.6 is 0 Å². The Bertz CT molecular complexity index is 226. The first-order valence-electron chi connectivity index (χ1n) is 9.96. The average Bonchev–Trinajstić information content (AvgIpc) is 2.52. The molecule has 2 heteroatoms. The number of ether oxygens (including phenoxy) is 1. The second-order valence-electron chi connectivity index (χ2n) is 6.57. The van der Waals surface area contributed by atoms with Crippen LogP contribution in [0.4, 0.5) is 0 Å². The molecule has 0 N–H and O–H groups in total. The lowest BCUT2D eigenvalue weighted by molar-refractivity contribution is -0.143. The van der Waals surface area contributed by atoms with Gasteiger partial charge in [0.1, 0.15) is 0 Å². The maximum Gasteiger partial charge on any atom is 0.305 e. The molecule has 0 aliphatic heterocycles. The van der Waals surface area contributed by atoms with Crippen molar-refractivity contribution in [2.24, 2.45) is 0 Å². The highest BCUT2D eigenvalue weighted by molar-refractivity contribution is 5.69. The summed E-state index contributed by atoms with van der Waals surface area (Å²) in [6, 6.07) is 0. The highest BCUT2D eigenvalue weighted by Crippen LogP contribution is 2.11. The Morgan fingerprint density at radius 3 is 1.50 bits per heavy atom. The molecule has 0 fully saturated rings. The molecular weight excluding hydrogens is 272 g/mol. The first-order chi connectivity index (χ1) is 10.8. The minimum Gasteiger partial charge on any atom is -0.466 e. The van der Waals surface area contributed by atoms with Gasteiger partial charge in [0.25, 0.3) is 0 Å². The van der Waals surface area contributed by atoms with Crippen molar-refractivity contribution < 1.29 is 9.53 Å². The van der Waals surface area contributed by atoms with Crippen LogP contribution in [-0.4, -0.2) is 12.6 Å². The van der Waals surface area contributed by atoms with E-state index in [1.807, 2.05) is 0 Å². The number of hydrogen-bond donors (Lipinski definition) is 0. The summed E-state index contributed by atoms with van der Waals surface area (Å²) >= 11 is 0. The van der Waals surface area contributed by atoms with Gasteiger partial charge in [-0.15, -0.1) is 0 Å². The van der Waals surface area contributed by atoms with Crippen LogP contribution in [0.1, 0.15) is 117 Å². The van der Waals surface area contributed by atoms with E-state index in [-0.39, 0.29) is 5.97 Å². The van der Waals surface area contributed by atoms with Gasteiger partial charge < -0.3 is 4.74 Å². The van der Waals surface area contributed by atoms with E-state index >= 15 is 0 Å². The first-order valence-corrected chi connectivity index (χ1v) is 9.96.